The van der Waals surface area contributed by atoms with Crippen molar-refractivity contribution in [3.8, 4) is 0 Å². The standard InChI is InChI=1S/C40H84NO6P.H2O/c1-34(2)18-14-20-36(5)22-16-23-37(6)24-17-25-39(8)27-31-45-40(32-44-30-26-38(7)21-15-19-35(3)4)33-47-48(42,43)46-29-13-12-28-41(9,10)11;/h34-40H,12-33H2,1-11H3;1H2. The molecule has 9 heteroatoms. The van der Waals surface area contributed by atoms with Crippen molar-refractivity contribution in [1.29, 1.82) is 0 Å². The molecule has 0 saturated heterocycles. The summed E-state index contributed by atoms with van der Waals surface area (Å²) in [6, 6.07) is 0. The highest BCUT2D eigenvalue weighted by Crippen LogP contribution is 2.43. The monoisotopic (exact) mass is 724 g/mol. The quantitative estimate of drug-likeness (QED) is 0.0400. The van der Waals surface area contributed by atoms with Gasteiger partial charge in [0.05, 0.1) is 47.5 Å². The maximum absolute atomic E-state index is 12.6. The van der Waals surface area contributed by atoms with Gasteiger partial charge in [-0.05, 0) is 61.2 Å². The highest BCUT2D eigenvalue weighted by molar-refractivity contribution is 7.47. The van der Waals surface area contributed by atoms with Crippen molar-refractivity contribution < 1.29 is 37.9 Å². The van der Waals surface area contributed by atoms with Gasteiger partial charge < -0.3 is 24.3 Å². The molecule has 0 aliphatic rings. The molecule has 0 spiro atoms. The molecule has 0 aliphatic heterocycles. The van der Waals surface area contributed by atoms with Crippen LogP contribution >= 0.6 is 7.82 Å². The fraction of sp³-hybridized carbons (Fsp3) is 1.00. The SMILES string of the molecule is CC(C)CCCC(C)CCCC(C)CCCC(C)CCOC(COCCC(C)CCCC(C)C)COP(=O)(O)OCCCC[N+](C)(C)C.[OH-]. The second-order valence-electron chi connectivity index (χ2n) is 17.4. The van der Waals surface area contributed by atoms with Crippen LogP contribution in [0.5, 0.6) is 0 Å². The Morgan fingerprint density at radius 1 is 0.531 bits per heavy atom. The molecule has 0 rings (SSSR count). The Balaban J connectivity index is 0. The van der Waals surface area contributed by atoms with Crippen LogP contribution in [0.2, 0.25) is 0 Å². The van der Waals surface area contributed by atoms with E-state index in [1.54, 1.807) is 0 Å². The Hall–Kier alpha value is -0.0500. The van der Waals surface area contributed by atoms with E-state index in [0.29, 0.717) is 31.7 Å². The molecule has 0 saturated carbocycles. The summed E-state index contributed by atoms with van der Waals surface area (Å²) in [5, 5.41) is 0. The molecule has 2 N–H and O–H groups in total. The highest BCUT2D eigenvalue weighted by Gasteiger charge is 2.24. The summed E-state index contributed by atoms with van der Waals surface area (Å²) < 4.78 is 36.3. The molecular formula is C40H86NO7P. The molecule has 298 valence electrons. The van der Waals surface area contributed by atoms with Crippen LogP contribution in [-0.4, -0.2) is 81.7 Å². The van der Waals surface area contributed by atoms with Gasteiger partial charge in [0.2, 0.25) is 0 Å². The average Bonchev–Trinajstić information content (AvgIpc) is 2.96. The van der Waals surface area contributed by atoms with Crippen LogP contribution in [0.15, 0.2) is 0 Å². The molecule has 8 nitrogen and oxygen atoms in total. The molecule has 0 bridgehead atoms. The Labute approximate surface area is 305 Å². The van der Waals surface area contributed by atoms with Gasteiger partial charge in [0.1, 0.15) is 6.10 Å². The lowest BCUT2D eigenvalue weighted by atomic mass is 9.91. The van der Waals surface area contributed by atoms with E-state index in [4.69, 9.17) is 18.5 Å². The van der Waals surface area contributed by atoms with Crippen LogP contribution < -0.4 is 0 Å². The van der Waals surface area contributed by atoms with Gasteiger partial charge in [0.25, 0.3) is 0 Å². The first-order chi connectivity index (χ1) is 22.5. The summed E-state index contributed by atoms with van der Waals surface area (Å²) in [7, 11) is 2.27. The first kappa shape index (κ1) is 51.1. The molecular weight excluding hydrogens is 637 g/mol. The topological polar surface area (TPSA) is 104 Å². The van der Waals surface area contributed by atoms with Crippen molar-refractivity contribution in [2.45, 2.75) is 164 Å². The third-order valence-electron chi connectivity index (χ3n) is 9.67. The third kappa shape index (κ3) is 36.1. The van der Waals surface area contributed by atoms with E-state index < -0.39 is 13.9 Å². The Morgan fingerprint density at radius 2 is 0.959 bits per heavy atom. The van der Waals surface area contributed by atoms with Gasteiger partial charge in [-0.3, -0.25) is 9.05 Å². The van der Waals surface area contributed by atoms with E-state index in [9.17, 15) is 9.46 Å². The molecule has 0 radical (unpaired) electrons. The maximum atomic E-state index is 12.6. The average molecular weight is 724 g/mol. The van der Waals surface area contributed by atoms with Crippen molar-refractivity contribution in [1.82, 2.24) is 0 Å². The molecule has 6 unspecified atom stereocenters. The van der Waals surface area contributed by atoms with Crippen LogP contribution in [0.4, 0.5) is 0 Å². The number of quaternary nitrogens is 1. The first-order valence-electron chi connectivity index (χ1n) is 20.1. The molecule has 49 heavy (non-hydrogen) atoms. The minimum absolute atomic E-state index is 0. The van der Waals surface area contributed by atoms with E-state index >= 15 is 0 Å². The fourth-order valence-corrected chi connectivity index (χ4v) is 6.91. The van der Waals surface area contributed by atoms with Gasteiger partial charge in [0.15, 0.2) is 0 Å². The number of ether oxygens (including phenoxy) is 2. The lowest BCUT2D eigenvalue weighted by Gasteiger charge is -2.24. The van der Waals surface area contributed by atoms with Crippen molar-refractivity contribution >= 4 is 7.82 Å². The molecule has 0 amide bonds. The fourth-order valence-electron chi connectivity index (χ4n) is 6.12. The largest absolute Gasteiger partial charge is 0.870 e. The van der Waals surface area contributed by atoms with Crippen LogP contribution in [0.1, 0.15) is 158 Å². The molecule has 0 aromatic carbocycles. The summed E-state index contributed by atoms with van der Waals surface area (Å²) in [6.07, 6.45) is 18.9. The van der Waals surface area contributed by atoms with Gasteiger partial charge in [-0.1, -0.05) is 132 Å². The van der Waals surface area contributed by atoms with Gasteiger partial charge in [0, 0.05) is 13.2 Å². The van der Waals surface area contributed by atoms with Crippen molar-refractivity contribution in [3.05, 3.63) is 0 Å². The number of phosphoric acid groups is 1. The predicted octanol–water partition coefficient (Wildman–Crippen LogP) is 11.1. The second-order valence-corrected chi connectivity index (χ2v) is 18.8. The molecule has 6 atom stereocenters. The minimum Gasteiger partial charge on any atom is -0.870 e. The lowest BCUT2D eigenvalue weighted by Crippen LogP contribution is -2.35. The van der Waals surface area contributed by atoms with Gasteiger partial charge >= 0.3 is 7.82 Å². The van der Waals surface area contributed by atoms with Crippen molar-refractivity contribution in [3.63, 3.8) is 0 Å². The summed E-state index contributed by atoms with van der Waals surface area (Å²) in [6.45, 7) is 21.4. The summed E-state index contributed by atoms with van der Waals surface area (Å²) in [5.41, 5.74) is 0. The van der Waals surface area contributed by atoms with Crippen LogP contribution in [-0.2, 0) is 23.1 Å². The van der Waals surface area contributed by atoms with Crippen LogP contribution in [0.3, 0.4) is 0 Å². The molecule has 0 heterocycles. The highest BCUT2D eigenvalue weighted by atomic mass is 31.2. The molecule has 0 fully saturated rings. The van der Waals surface area contributed by atoms with E-state index in [0.717, 1.165) is 60.4 Å². The van der Waals surface area contributed by atoms with Crippen molar-refractivity contribution in [2.75, 3.05) is 60.7 Å². The Kier molecular flexibility index (Phi) is 31.7. The lowest BCUT2D eigenvalue weighted by molar-refractivity contribution is -0.870. The number of unbranched alkanes of at least 4 members (excludes halogenated alkanes) is 1. The maximum Gasteiger partial charge on any atom is 0.472 e. The Morgan fingerprint density at radius 3 is 1.41 bits per heavy atom. The summed E-state index contributed by atoms with van der Waals surface area (Å²) in [4.78, 5) is 10.3. The third-order valence-corrected chi connectivity index (χ3v) is 10.7. The number of hydrogen-bond acceptors (Lipinski definition) is 6. The van der Waals surface area contributed by atoms with Crippen LogP contribution in [0, 0.1) is 35.5 Å². The zero-order chi connectivity index (χ0) is 36.4. The van der Waals surface area contributed by atoms with Crippen LogP contribution in [0.25, 0.3) is 0 Å². The molecule has 0 aliphatic carbocycles. The number of rotatable bonds is 34. The van der Waals surface area contributed by atoms with E-state index in [-0.39, 0.29) is 18.7 Å². The number of phosphoric ester groups is 1. The predicted molar refractivity (Wildman–Crippen MR) is 207 cm³/mol. The van der Waals surface area contributed by atoms with Gasteiger partial charge in [-0.2, -0.15) is 0 Å². The minimum atomic E-state index is -4.14. The van der Waals surface area contributed by atoms with E-state index in [1.807, 2.05) is 0 Å². The van der Waals surface area contributed by atoms with Crippen molar-refractivity contribution in [2.24, 2.45) is 35.5 Å². The van der Waals surface area contributed by atoms with Gasteiger partial charge in [-0.15, -0.1) is 0 Å². The zero-order valence-corrected chi connectivity index (χ0v) is 35.3. The number of hydrogen-bond donors (Lipinski definition) is 1. The van der Waals surface area contributed by atoms with Gasteiger partial charge in [-0.25, -0.2) is 4.57 Å². The molecule has 0 aromatic rings. The second kappa shape index (κ2) is 30.4. The number of nitrogens with zero attached hydrogens (tertiary/aromatic N) is 1. The van der Waals surface area contributed by atoms with E-state index in [2.05, 4.69) is 76.5 Å². The summed E-state index contributed by atoms with van der Waals surface area (Å²) >= 11 is 0. The smallest absolute Gasteiger partial charge is 0.472 e. The normalized spacial score (nSPS) is 16.7. The Bertz CT molecular complexity index is 776. The zero-order valence-electron chi connectivity index (χ0n) is 34.4. The van der Waals surface area contributed by atoms with E-state index in [1.165, 1.54) is 77.0 Å². The first-order valence-corrected chi connectivity index (χ1v) is 21.6. The molecule has 0 aromatic heterocycles. The summed E-state index contributed by atoms with van der Waals surface area (Å²) in [5.74, 6) is 4.42.